The standard InChI is InChI=1S/C11H15N5/c12-9-4-1-2-5-10(9)13-7-3-6-11-14-8-15-16-11/h1-2,4-5,8,13H,3,6-7,12H2,(H,14,15,16). The fraction of sp³-hybridized carbons (Fsp3) is 0.273. The van der Waals surface area contributed by atoms with Gasteiger partial charge in [0, 0.05) is 13.0 Å². The molecule has 1 heterocycles. The van der Waals surface area contributed by atoms with Crippen molar-refractivity contribution in [2.75, 3.05) is 17.6 Å². The van der Waals surface area contributed by atoms with Gasteiger partial charge in [-0.15, -0.1) is 0 Å². The molecule has 0 unspecified atom stereocenters. The van der Waals surface area contributed by atoms with Crippen LogP contribution in [0.3, 0.4) is 0 Å². The number of nitrogens with one attached hydrogen (secondary N) is 2. The Hall–Kier alpha value is -2.04. The third-order valence-electron chi connectivity index (χ3n) is 2.33. The highest BCUT2D eigenvalue weighted by Gasteiger charge is 1.97. The van der Waals surface area contributed by atoms with Gasteiger partial charge in [-0.3, -0.25) is 5.10 Å². The first kappa shape index (κ1) is 10.5. The van der Waals surface area contributed by atoms with Gasteiger partial charge < -0.3 is 11.1 Å². The van der Waals surface area contributed by atoms with Gasteiger partial charge in [-0.05, 0) is 18.6 Å². The molecule has 2 rings (SSSR count). The Morgan fingerprint density at radius 3 is 2.94 bits per heavy atom. The summed E-state index contributed by atoms with van der Waals surface area (Å²) in [4.78, 5) is 4.06. The summed E-state index contributed by atoms with van der Waals surface area (Å²) in [7, 11) is 0. The van der Waals surface area contributed by atoms with Crippen LogP contribution in [0.25, 0.3) is 0 Å². The molecule has 0 aliphatic heterocycles. The number of aromatic amines is 1. The van der Waals surface area contributed by atoms with Crippen LogP contribution in [0, 0.1) is 0 Å². The summed E-state index contributed by atoms with van der Waals surface area (Å²) in [6, 6.07) is 7.76. The van der Waals surface area contributed by atoms with Gasteiger partial charge in [0.2, 0.25) is 0 Å². The fourth-order valence-electron chi connectivity index (χ4n) is 1.49. The number of rotatable bonds is 5. The Morgan fingerprint density at radius 2 is 2.19 bits per heavy atom. The maximum atomic E-state index is 5.81. The highest BCUT2D eigenvalue weighted by Crippen LogP contribution is 2.16. The van der Waals surface area contributed by atoms with Gasteiger partial charge in [0.15, 0.2) is 0 Å². The van der Waals surface area contributed by atoms with Crippen molar-refractivity contribution in [3.63, 3.8) is 0 Å². The topological polar surface area (TPSA) is 79.6 Å². The van der Waals surface area contributed by atoms with E-state index in [-0.39, 0.29) is 0 Å². The number of para-hydroxylation sites is 2. The summed E-state index contributed by atoms with van der Waals surface area (Å²) >= 11 is 0. The zero-order valence-electron chi connectivity index (χ0n) is 8.98. The summed E-state index contributed by atoms with van der Waals surface area (Å²) < 4.78 is 0. The predicted octanol–water partition coefficient (Wildman–Crippen LogP) is 1.43. The second kappa shape index (κ2) is 5.16. The zero-order chi connectivity index (χ0) is 11.2. The van der Waals surface area contributed by atoms with E-state index in [1.807, 2.05) is 24.3 Å². The number of H-pyrrole nitrogens is 1. The van der Waals surface area contributed by atoms with Crippen LogP contribution in [0.4, 0.5) is 11.4 Å². The number of nitrogens with two attached hydrogens (primary N) is 1. The lowest BCUT2D eigenvalue weighted by molar-refractivity contribution is 0.806. The minimum atomic E-state index is 0.780. The summed E-state index contributed by atoms with van der Waals surface area (Å²) in [6.07, 6.45) is 3.40. The van der Waals surface area contributed by atoms with Gasteiger partial charge in [0.25, 0.3) is 0 Å². The molecule has 1 aromatic carbocycles. The molecule has 0 aliphatic rings. The van der Waals surface area contributed by atoms with Crippen LogP contribution in [0.5, 0.6) is 0 Å². The van der Waals surface area contributed by atoms with Crippen LogP contribution >= 0.6 is 0 Å². The van der Waals surface area contributed by atoms with Crippen LogP contribution in [0.1, 0.15) is 12.2 Å². The summed E-state index contributed by atoms with van der Waals surface area (Å²) in [5.41, 5.74) is 7.57. The molecule has 5 heteroatoms. The Kier molecular flexibility index (Phi) is 3.38. The first-order chi connectivity index (χ1) is 7.86. The Labute approximate surface area is 94.1 Å². The zero-order valence-corrected chi connectivity index (χ0v) is 8.98. The fourth-order valence-corrected chi connectivity index (χ4v) is 1.49. The van der Waals surface area contributed by atoms with Crippen LogP contribution in [-0.4, -0.2) is 21.7 Å². The smallest absolute Gasteiger partial charge is 0.137 e. The van der Waals surface area contributed by atoms with Gasteiger partial charge in [-0.1, -0.05) is 12.1 Å². The van der Waals surface area contributed by atoms with Gasteiger partial charge in [-0.2, -0.15) is 5.10 Å². The Balaban J connectivity index is 1.74. The summed E-state index contributed by atoms with van der Waals surface area (Å²) in [5, 5.41) is 9.92. The molecule has 0 amide bonds. The van der Waals surface area contributed by atoms with Gasteiger partial charge in [0.1, 0.15) is 12.2 Å². The van der Waals surface area contributed by atoms with E-state index in [1.165, 1.54) is 6.33 Å². The quantitative estimate of drug-likeness (QED) is 0.523. The first-order valence-corrected chi connectivity index (χ1v) is 5.29. The monoisotopic (exact) mass is 217 g/mol. The molecular weight excluding hydrogens is 202 g/mol. The summed E-state index contributed by atoms with van der Waals surface area (Å²) in [5.74, 6) is 0.919. The number of hydrogen-bond donors (Lipinski definition) is 3. The molecule has 16 heavy (non-hydrogen) atoms. The van der Waals surface area contributed by atoms with E-state index in [9.17, 15) is 0 Å². The predicted molar refractivity (Wildman–Crippen MR) is 64.0 cm³/mol. The second-order valence-electron chi connectivity index (χ2n) is 3.55. The van der Waals surface area contributed by atoms with Crippen LogP contribution < -0.4 is 11.1 Å². The van der Waals surface area contributed by atoms with E-state index in [0.29, 0.717) is 0 Å². The van der Waals surface area contributed by atoms with Crippen molar-refractivity contribution in [3.05, 3.63) is 36.4 Å². The van der Waals surface area contributed by atoms with Crippen molar-refractivity contribution in [1.29, 1.82) is 0 Å². The van der Waals surface area contributed by atoms with Gasteiger partial charge >= 0.3 is 0 Å². The van der Waals surface area contributed by atoms with Gasteiger partial charge in [-0.25, -0.2) is 4.98 Å². The second-order valence-corrected chi connectivity index (χ2v) is 3.55. The number of hydrogen-bond acceptors (Lipinski definition) is 4. The molecule has 0 atom stereocenters. The third-order valence-corrected chi connectivity index (χ3v) is 2.33. The maximum absolute atomic E-state index is 5.81. The molecule has 0 saturated carbocycles. The SMILES string of the molecule is Nc1ccccc1NCCCc1ncn[nH]1. The van der Waals surface area contributed by atoms with Crippen LogP contribution in [-0.2, 0) is 6.42 Å². The molecule has 0 spiro atoms. The highest BCUT2D eigenvalue weighted by atomic mass is 15.2. The van der Waals surface area contributed by atoms with Crippen LogP contribution in [0.15, 0.2) is 30.6 Å². The van der Waals surface area contributed by atoms with E-state index in [0.717, 1.165) is 36.6 Å². The minimum absolute atomic E-state index is 0.780. The number of benzene rings is 1. The molecule has 0 bridgehead atoms. The van der Waals surface area contributed by atoms with Crippen molar-refractivity contribution in [1.82, 2.24) is 15.2 Å². The number of anilines is 2. The highest BCUT2D eigenvalue weighted by molar-refractivity contribution is 5.65. The lowest BCUT2D eigenvalue weighted by Gasteiger charge is -2.07. The van der Waals surface area contributed by atoms with E-state index in [4.69, 9.17) is 5.73 Å². The molecule has 0 radical (unpaired) electrons. The number of aromatic nitrogens is 3. The Bertz CT molecular complexity index is 424. The van der Waals surface area contributed by atoms with E-state index >= 15 is 0 Å². The molecule has 5 nitrogen and oxygen atoms in total. The molecular formula is C11H15N5. The van der Waals surface area contributed by atoms with Crippen molar-refractivity contribution in [3.8, 4) is 0 Å². The van der Waals surface area contributed by atoms with Crippen molar-refractivity contribution < 1.29 is 0 Å². The average Bonchev–Trinajstić information content (AvgIpc) is 2.79. The van der Waals surface area contributed by atoms with Gasteiger partial charge in [0.05, 0.1) is 11.4 Å². The summed E-state index contributed by atoms with van der Waals surface area (Å²) in [6.45, 7) is 0.870. The molecule has 0 aliphatic carbocycles. The first-order valence-electron chi connectivity index (χ1n) is 5.29. The van der Waals surface area contributed by atoms with Crippen molar-refractivity contribution in [2.24, 2.45) is 0 Å². The Morgan fingerprint density at radius 1 is 1.31 bits per heavy atom. The molecule has 1 aromatic heterocycles. The van der Waals surface area contributed by atoms with E-state index < -0.39 is 0 Å². The average molecular weight is 217 g/mol. The molecule has 84 valence electrons. The number of nitrogens with zero attached hydrogens (tertiary/aromatic N) is 2. The third kappa shape index (κ3) is 2.73. The molecule has 0 saturated heterocycles. The molecule has 4 N–H and O–H groups in total. The molecule has 2 aromatic rings. The van der Waals surface area contributed by atoms with E-state index in [1.54, 1.807) is 0 Å². The minimum Gasteiger partial charge on any atom is -0.397 e. The lowest BCUT2D eigenvalue weighted by atomic mass is 10.2. The van der Waals surface area contributed by atoms with Crippen molar-refractivity contribution in [2.45, 2.75) is 12.8 Å². The van der Waals surface area contributed by atoms with Crippen molar-refractivity contribution >= 4 is 11.4 Å². The normalized spacial score (nSPS) is 10.2. The largest absolute Gasteiger partial charge is 0.397 e. The van der Waals surface area contributed by atoms with Crippen LogP contribution in [0.2, 0.25) is 0 Å². The maximum Gasteiger partial charge on any atom is 0.137 e. The van der Waals surface area contributed by atoms with E-state index in [2.05, 4.69) is 20.5 Å². The molecule has 0 fully saturated rings. The number of nitrogen functional groups attached to an aromatic ring is 1. The number of aryl methyl sites for hydroxylation is 1. The lowest BCUT2D eigenvalue weighted by Crippen LogP contribution is -2.05.